The molecule has 1 saturated heterocycles. The molecule has 1 fully saturated rings. The molecule has 0 saturated carbocycles. The van der Waals surface area contributed by atoms with Crippen molar-refractivity contribution in [3.63, 3.8) is 0 Å². The van der Waals surface area contributed by atoms with E-state index in [9.17, 15) is 9.90 Å². The second-order valence-electron chi connectivity index (χ2n) is 5.53. The number of carbonyl (C=O) groups is 1. The lowest BCUT2D eigenvalue weighted by atomic mass is 10.1. The van der Waals surface area contributed by atoms with Crippen molar-refractivity contribution in [2.45, 2.75) is 25.0 Å². The van der Waals surface area contributed by atoms with Gasteiger partial charge in [-0.3, -0.25) is 9.69 Å². The van der Waals surface area contributed by atoms with Crippen LogP contribution >= 0.6 is 0 Å². The fraction of sp³-hybridized carbons (Fsp3) is 0.533. The van der Waals surface area contributed by atoms with Gasteiger partial charge >= 0.3 is 0 Å². The summed E-state index contributed by atoms with van der Waals surface area (Å²) in [7, 11) is 0. The predicted octanol–water partition coefficient (Wildman–Crippen LogP) is 0.173. The van der Waals surface area contributed by atoms with Crippen LogP contribution in [-0.2, 0) is 11.2 Å². The number of fused-ring (bicyclic) bond motifs is 1. The maximum absolute atomic E-state index is 11.8. The average Bonchev–Trinajstić information content (AvgIpc) is 3.02. The highest BCUT2D eigenvalue weighted by Crippen LogP contribution is 2.27. The summed E-state index contributed by atoms with van der Waals surface area (Å²) < 4.78 is 5.78. The summed E-state index contributed by atoms with van der Waals surface area (Å²) in [4.78, 5) is 13.8. The zero-order valence-electron chi connectivity index (χ0n) is 11.4. The van der Waals surface area contributed by atoms with Gasteiger partial charge < -0.3 is 15.2 Å². The van der Waals surface area contributed by atoms with Crippen LogP contribution < -0.4 is 10.1 Å². The van der Waals surface area contributed by atoms with Gasteiger partial charge in [0.25, 0.3) is 0 Å². The molecule has 5 heteroatoms. The molecule has 3 rings (SSSR count). The summed E-state index contributed by atoms with van der Waals surface area (Å²) >= 11 is 0. The van der Waals surface area contributed by atoms with Crippen molar-refractivity contribution >= 4 is 5.91 Å². The molecule has 2 N–H and O–H groups in total. The van der Waals surface area contributed by atoms with E-state index in [4.69, 9.17) is 4.74 Å². The standard InChI is InChI=1S/C15H20N2O3/c18-12-5-6-17(9-12)10-15(19)16-8-13-7-11-3-1-2-4-14(11)20-13/h1-4,12-13,18H,5-10H2,(H,16,19)/t12-,13?/m0/s1. The number of nitrogens with one attached hydrogen (secondary N) is 1. The van der Waals surface area contributed by atoms with Gasteiger partial charge in [0, 0.05) is 19.5 Å². The number of nitrogens with zero attached hydrogens (tertiary/aromatic N) is 1. The SMILES string of the molecule is O=C(CN1CC[C@H](O)C1)NCC1Cc2ccccc2O1. The summed E-state index contributed by atoms with van der Waals surface area (Å²) in [6, 6.07) is 7.98. The van der Waals surface area contributed by atoms with Gasteiger partial charge in [-0.25, -0.2) is 0 Å². The van der Waals surface area contributed by atoms with E-state index in [2.05, 4.69) is 11.4 Å². The number of para-hydroxylation sites is 1. The van der Waals surface area contributed by atoms with Gasteiger partial charge in [0.15, 0.2) is 0 Å². The predicted molar refractivity (Wildman–Crippen MR) is 74.6 cm³/mol. The minimum absolute atomic E-state index is 0.00124. The van der Waals surface area contributed by atoms with Gasteiger partial charge in [-0.1, -0.05) is 18.2 Å². The first-order valence-corrected chi connectivity index (χ1v) is 7.12. The van der Waals surface area contributed by atoms with E-state index >= 15 is 0 Å². The quantitative estimate of drug-likeness (QED) is 0.823. The Bertz CT molecular complexity index is 467. The van der Waals surface area contributed by atoms with Crippen molar-refractivity contribution in [2.24, 2.45) is 0 Å². The molecule has 0 spiro atoms. The van der Waals surface area contributed by atoms with Gasteiger partial charge in [0.05, 0.1) is 19.2 Å². The number of ether oxygens (including phenoxy) is 1. The lowest BCUT2D eigenvalue weighted by Crippen LogP contribution is -2.40. The van der Waals surface area contributed by atoms with Crippen molar-refractivity contribution < 1.29 is 14.6 Å². The number of hydrogen-bond acceptors (Lipinski definition) is 4. The topological polar surface area (TPSA) is 61.8 Å². The summed E-state index contributed by atoms with van der Waals surface area (Å²) in [5.74, 6) is 0.924. The van der Waals surface area contributed by atoms with E-state index < -0.39 is 0 Å². The minimum Gasteiger partial charge on any atom is -0.488 e. The van der Waals surface area contributed by atoms with Crippen LogP contribution in [0.1, 0.15) is 12.0 Å². The Kier molecular flexibility index (Phi) is 3.89. The fourth-order valence-electron chi connectivity index (χ4n) is 2.81. The summed E-state index contributed by atoms with van der Waals surface area (Å²) in [6.45, 7) is 2.28. The van der Waals surface area contributed by atoms with E-state index in [1.807, 2.05) is 23.1 Å². The van der Waals surface area contributed by atoms with Crippen LogP contribution in [0.4, 0.5) is 0 Å². The molecule has 1 aromatic carbocycles. The van der Waals surface area contributed by atoms with Crippen LogP contribution in [0.3, 0.4) is 0 Å². The number of amides is 1. The lowest BCUT2D eigenvalue weighted by Gasteiger charge is -2.16. The minimum atomic E-state index is -0.282. The second kappa shape index (κ2) is 5.81. The molecule has 2 heterocycles. The summed E-state index contributed by atoms with van der Waals surface area (Å²) in [6.07, 6.45) is 1.35. The van der Waals surface area contributed by atoms with Crippen molar-refractivity contribution in [2.75, 3.05) is 26.2 Å². The third-order valence-corrected chi connectivity index (χ3v) is 3.86. The Balaban J connectivity index is 1.41. The van der Waals surface area contributed by atoms with Gasteiger partial charge in [-0.05, 0) is 18.1 Å². The Morgan fingerprint density at radius 2 is 2.30 bits per heavy atom. The Labute approximate surface area is 118 Å². The Morgan fingerprint density at radius 1 is 1.45 bits per heavy atom. The van der Waals surface area contributed by atoms with Crippen molar-refractivity contribution in [3.05, 3.63) is 29.8 Å². The molecular formula is C15H20N2O3. The smallest absolute Gasteiger partial charge is 0.234 e. The van der Waals surface area contributed by atoms with Crippen molar-refractivity contribution in [3.8, 4) is 5.75 Å². The molecule has 0 bridgehead atoms. The molecule has 0 aliphatic carbocycles. The van der Waals surface area contributed by atoms with Gasteiger partial charge in [-0.15, -0.1) is 0 Å². The zero-order chi connectivity index (χ0) is 13.9. The van der Waals surface area contributed by atoms with Gasteiger partial charge in [0.1, 0.15) is 11.9 Å². The molecule has 1 unspecified atom stereocenters. The molecule has 5 nitrogen and oxygen atoms in total. The summed E-state index contributed by atoms with van der Waals surface area (Å²) in [5, 5.41) is 12.3. The van der Waals surface area contributed by atoms with Crippen molar-refractivity contribution in [1.29, 1.82) is 0 Å². The first kappa shape index (κ1) is 13.4. The van der Waals surface area contributed by atoms with E-state index in [0.717, 1.165) is 25.1 Å². The number of carbonyl (C=O) groups excluding carboxylic acids is 1. The average molecular weight is 276 g/mol. The Hall–Kier alpha value is -1.59. The molecule has 2 aliphatic rings. The third kappa shape index (κ3) is 3.11. The molecule has 0 radical (unpaired) electrons. The molecule has 0 aromatic heterocycles. The number of hydrogen-bond donors (Lipinski definition) is 2. The number of β-amino-alcohol motifs (C(OH)–C–C–N with tert-alkyl or cyclic N) is 1. The van der Waals surface area contributed by atoms with Crippen LogP contribution in [0, 0.1) is 0 Å². The maximum Gasteiger partial charge on any atom is 0.234 e. The zero-order valence-corrected chi connectivity index (χ0v) is 11.4. The van der Waals surface area contributed by atoms with Crippen LogP contribution in [-0.4, -0.2) is 54.3 Å². The number of rotatable bonds is 4. The highest BCUT2D eigenvalue weighted by atomic mass is 16.5. The van der Waals surface area contributed by atoms with E-state index in [1.54, 1.807) is 0 Å². The largest absolute Gasteiger partial charge is 0.488 e. The summed E-state index contributed by atoms with van der Waals surface area (Å²) in [5.41, 5.74) is 1.20. The molecule has 2 atom stereocenters. The third-order valence-electron chi connectivity index (χ3n) is 3.86. The second-order valence-corrected chi connectivity index (χ2v) is 5.53. The van der Waals surface area contributed by atoms with Crippen LogP contribution in [0.25, 0.3) is 0 Å². The fourth-order valence-corrected chi connectivity index (χ4v) is 2.81. The first-order chi connectivity index (χ1) is 9.70. The van der Waals surface area contributed by atoms with E-state index in [1.165, 1.54) is 5.56 Å². The van der Waals surface area contributed by atoms with E-state index in [0.29, 0.717) is 19.6 Å². The number of likely N-dealkylation sites (tertiary alicyclic amines) is 1. The van der Waals surface area contributed by atoms with E-state index in [-0.39, 0.29) is 18.1 Å². The molecule has 2 aliphatic heterocycles. The van der Waals surface area contributed by atoms with Crippen LogP contribution in [0.5, 0.6) is 5.75 Å². The number of aliphatic hydroxyl groups is 1. The van der Waals surface area contributed by atoms with Gasteiger partial charge in [-0.2, -0.15) is 0 Å². The maximum atomic E-state index is 11.8. The molecule has 108 valence electrons. The van der Waals surface area contributed by atoms with Crippen LogP contribution in [0.2, 0.25) is 0 Å². The first-order valence-electron chi connectivity index (χ1n) is 7.12. The molecule has 1 aromatic rings. The number of benzene rings is 1. The molecular weight excluding hydrogens is 256 g/mol. The molecule has 1 amide bonds. The Morgan fingerprint density at radius 3 is 3.05 bits per heavy atom. The normalized spacial score (nSPS) is 25.2. The van der Waals surface area contributed by atoms with Crippen molar-refractivity contribution in [1.82, 2.24) is 10.2 Å². The highest BCUT2D eigenvalue weighted by molar-refractivity contribution is 5.78. The monoisotopic (exact) mass is 276 g/mol. The highest BCUT2D eigenvalue weighted by Gasteiger charge is 2.24. The lowest BCUT2D eigenvalue weighted by molar-refractivity contribution is -0.122. The number of aliphatic hydroxyl groups excluding tert-OH is 1. The van der Waals surface area contributed by atoms with Gasteiger partial charge in [0.2, 0.25) is 5.91 Å². The molecule has 20 heavy (non-hydrogen) atoms. The van der Waals surface area contributed by atoms with Crippen LogP contribution in [0.15, 0.2) is 24.3 Å².